The number of rotatable bonds is 4. The van der Waals surface area contributed by atoms with Crippen LogP contribution in [-0.2, 0) is 6.54 Å². The number of nitrogens with zero attached hydrogens (tertiary/aromatic N) is 1. The second-order valence-corrected chi connectivity index (χ2v) is 5.83. The van der Waals surface area contributed by atoms with Crippen LogP contribution in [0.3, 0.4) is 0 Å². The number of piperidine rings is 1. The number of likely N-dealkylation sites (tertiary alicyclic amines) is 1. The Bertz CT molecular complexity index is 532. The van der Waals surface area contributed by atoms with Crippen LogP contribution in [0.5, 0.6) is 0 Å². The zero-order chi connectivity index (χ0) is 15.4. The van der Waals surface area contributed by atoms with Gasteiger partial charge in [-0.15, -0.1) is 0 Å². The molecule has 2 nitrogen and oxygen atoms in total. The zero-order valence-corrected chi connectivity index (χ0v) is 12.4. The van der Waals surface area contributed by atoms with Crippen molar-refractivity contribution in [1.82, 2.24) is 4.90 Å². The molecule has 4 heteroatoms. The van der Waals surface area contributed by atoms with Gasteiger partial charge in [-0.2, -0.15) is 0 Å². The third kappa shape index (κ3) is 4.04. The van der Waals surface area contributed by atoms with E-state index in [2.05, 4.69) is 10.2 Å². The number of nitrogens with one attached hydrogen (secondary N) is 1. The van der Waals surface area contributed by atoms with E-state index in [1.54, 1.807) is 12.1 Å². The van der Waals surface area contributed by atoms with Crippen LogP contribution in [0, 0.1) is 11.6 Å². The van der Waals surface area contributed by atoms with Gasteiger partial charge in [0.25, 0.3) is 0 Å². The standard InChI is InChI=1S/C18H20F2N2/c19-15-3-1-14(2-4-15)13-22-11-9-18(10-12-22)21-17-7-5-16(20)6-8-17/h1-8,18,21H,9-13H2. The van der Waals surface area contributed by atoms with Crippen LogP contribution in [0.2, 0.25) is 0 Å². The van der Waals surface area contributed by atoms with Crippen molar-refractivity contribution < 1.29 is 8.78 Å². The largest absolute Gasteiger partial charge is 0.382 e. The molecule has 1 heterocycles. The maximum atomic E-state index is 12.9. The fourth-order valence-electron chi connectivity index (χ4n) is 2.87. The van der Waals surface area contributed by atoms with Crippen LogP contribution >= 0.6 is 0 Å². The summed E-state index contributed by atoms with van der Waals surface area (Å²) >= 11 is 0. The summed E-state index contributed by atoms with van der Waals surface area (Å²) in [5, 5.41) is 3.46. The second-order valence-electron chi connectivity index (χ2n) is 5.83. The molecule has 0 saturated carbocycles. The van der Waals surface area contributed by atoms with Gasteiger partial charge in [-0.3, -0.25) is 4.90 Å². The number of anilines is 1. The maximum absolute atomic E-state index is 12.9. The van der Waals surface area contributed by atoms with Crippen molar-refractivity contribution in [2.24, 2.45) is 0 Å². The summed E-state index contributed by atoms with van der Waals surface area (Å²) in [5.41, 5.74) is 2.12. The highest BCUT2D eigenvalue weighted by Gasteiger charge is 2.19. The fraction of sp³-hybridized carbons (Fsp3) is 0.333. The molecule has 3 rings (SSSR count). The molecule has 0 atom stereocenters. The molecule has 22 heavy (non-hydrogen) atoms. The molecule has 2 aromatic rings. The Hall–Kier alpha value is -1.94. The first-order valence-corrected chi connectivity index (χ1v) is 7.68. The Morgan fingerprint density at radius 3 is 2.00 bits per heavy atom. The molecular weight excluding hydrogens is 282 g/mol. The minimum absolute atomic E-state index is 0.189. The van der Waals surface area contributed by atoms with Gasteiger partial charge in [-0.05, 0) is 54.8 Å². The van der Waals surface area contributed by atoms with Crippen molar-refractivity contribution in [2.75, 3.05) is 18.4 Å². The van der Waals surface area contributed by atoms with Crippen LogP contribution in [0.25, 0.3) is 0 Å². The van der Waals surface area contributed by atoms with Crippen LogP contribution in [0.15, 0.2) is 48.5 Å². The van der Waals surface area contributed by atoms with Crippen LogP contribution in [-0.4, -0.2) is 24.0 Å². The highest BCUT2D eigenvalue weighted by atomic mass is 19.1. The summed E-state index contributed by atoms with van der Waals surface area (Å²) in [6.07, 6.45) is 2.11. The quantitative estimate of drug-likeness (QED) is 0.917. The molecule has 0 radical (unpaired) electrons. The Kier molecular flexibility index (Phi) is 4.68. The Morgan fingerprint density at radius 1 is 0.864 bits per heavy atom. The number of hydrogen-bond acceptors (Lipinski definition) is 2. The van der Waals surface area contributed by atoms with E-state index < -0.39 is 0 Å². The highest BCUT2D eigenvalue weighted by molar-refractivity contribution is 5.43. The number of hydrogen-bond donors (Lipinski definition) is 1. The van der Waals surface area contributed by atoms with E-state index in [0.29, 0.717) is 6.04 Å². The van der Waals surface area contributed by atoms with Crippen LogP contribution in [0.1, 0.15) is 18.4 Å². The first kappa shape index (κ1) is 15.0. The van der Waals surface area contributed by atoms with Crippen molar-refractivity contribution in [2.45, 2.75) is 25.4 Å². The molecule has 0 spiro atoms. The summed E-state index contributed by atoms with van der Waals surface area (Å²) in [6.45, 7) is 2.88. The summed E-state index contributed by atoms with van der Waals surface area (Å²) in [4.78, 5) is 2.38. The Morgan fingerprint density at radius 2 is 1.41 bits per heavy atom. The minimum atomic E-state index is -0.209. The van der Waals surface area contributed by atoms with Crippen molar-refractivity contribution in [3.63, 3.8) is 0 Å². The molecule has 0 aliphatic carbocycles. The van der Waals surface area contributed by atoms with Gasteiger partial charge in [0.15, 0.2) is 0 Å². The average molecular weight is 302 g/mol. The third-order valence-electron chi connectivity index (χ3n) is 4.12. The topological polar surface area (TPSA) is 15.3 Å². The van der Waals surface area contributed by atoms with Gasteiger partial charge in [-0.1, -0.05) is 12.1 Å². The monoisotopic (exact) mass is 302 g/mol. The van der Waals surface area contributed by atoms with Gasteiger partial charge in [0.1, 0.15) is 11.6 Å². The maximum Gasteiger partial charge on any atom is 0.123 e. The summed E-state index contributed by atoms with van der Waals surface area (Å²) < 4.78 is 25.8. The molecule has 1 aliphatic heterocycles. The lowest BCUT2D eigenvalue weighted by atomic mass is 10.0. The Balaban J connectivity index is 1.47. The zero-order valence-electron chi connectivity index (χ0n) is 12.4. The molecule has 0 bridgehead atoms. The smallest absolute Gasteiger partial charge is 0.123 e. The summed E-state index contributed by atoms with van der Waals surface area (Å²) in [6, 6.07) is 13.7. The third-order valence-corrected chi connectivity index (χ3v) is 4.12. The molecule has 0 amide bonds. The van der Waals surface area contributed by atoms with Gasteiger partial charge in [0.05, 0.1) is 0 Å². The molecule has 1 saturated heterocycles. The van der Waals surface area contributed by atoms with Crippen LogP contribution in [0.4, 0.5) is 14.5 Å². The minimum Gasteiger partial charge on any atom is -0.382 e. The second kappa shape index (κ2) is 6.88. The van der Waals surface area contributed by atoms with E-state index in [1.165, 1.54) is 24.3 Å². The first-order valence-electron chi connectivity index (χ1n) is 7.68. The molecule has 1 N–H and O–H groups in total. The number of benzene rings is 2. The van der Waals surface area contributed by atoms with Crippen molar-refractivity contribution >= 4 is 5.69 Å². The lowest BCUT2D eigenvalue weighted by Gasteiger charge is -2.32. The molecule has 0 aromatic heterocycles. The van der Waals surface area contributed by atoms with Crippen molar-refractivity contribution in [1.29, 1.82) is 0 Å². The molecule has 1 fully saturated rings. The molecule has 1 aliphatic rings. The highest BCUT2D eigenvalue weighted by Crippen LogP contribution is 2.18. The van der Waals surface area contributed by atoms with E-state index >= 15 is 0 Å². The van der Waals surface area contributed by atoms with Gasteiger partial charge in [0, 0.05) is 31.4 Å². The van der Waals surface area contributed by atoms with E-state index in [9.17, 15) is 8.78 Å². The Labute approximate surface area is 129 Å². The predicted molar refractivity (Wildman–Crippen MR) is 84.7 cm³/mol. The SMILES string of the molecule is Fc1ccc(CN2CCC(Nc3ccc(F)cc3)CC2)cc1. The molecular formula is C18H20F2N2. The van der Waals surface area contributed by atoms with E-state index in [4.69, 9.17) is 0 Å². The number of halogens is 2. The normalized spacial score (nSPS) is 16.6. The van der Waals surface area contributed by atoms with Crippen molar-refractivity contribution in [3.8, 4) is 0 Å². The van der Waals surface area contributed by atoms with Crippen molar-refractivity contribution in [3.05, 3.63) is 65.7 Å². The lowest BCUT2D eigenvalue weighted by molar-refractivity contribution is 0.211. The van der Waals surface area contributed by atoms with Gasteiger partial charge in [-0.25, -0.2) is 8.78 Å². The van der Waals surface area contributed by atoms with E-state index in [0.717, 1.165) is 43.7 Å². The first-order chi connectivity index (χ1) is 10.7. The van der Waals surface area contributed by atoms with Gasteiger partial charge >= 0.3 is 0 Å². The predicted octanol–water partition coefficient (Wildman–Crippen LogP) is 4.04. The lowest BCUT2D eigenvalue weighted by Crippen LogP contribution is -2.38. The van der Waals surface area contributed by atoms with Gasteiger partial charge in [0.2, 0.25) is 0 Å². The van der Waals surface area contributed by atoms with E-state index in [1.807, 2.05) is 12.1 Å². The van der Waals surface area contributed by atoms with Gasteiger partial charge < -0.3 is 5.32 Å². The molecule has 2 aromatic carbocycles. The molecule has 0 unspecified atom stereocenters. The van der Waals surface area contributed by atoms with Crippen LogP contribution < -0.4 is 5.32 Å². The summed E-state index contributed by atoms with van der Waals surface area (Å²) in [7, 11) is 0. The fourth-order valence-corrected chi connectivity index (χ4v) is 2.87. The summed E-state index contributed by atoms with van der Waals surface area (Å²) in [5.74, 6) is -0.398. The molecule has 116 valence electrons. The average Bonchev–Trinajstić information content (AvgIpc) is 2.54. The van der Waals surface area contributed by atoms with E-state index in [-0.39, 0.29) is 11.6 Å².